The molecule has 0 bridgehead atoms. The Labute approximate surface area is 307 Å². The zero-order chi connectivity index (χ0) is 36.9. The zero-order valence-corrected chi connectivity index (χ0v) is 28.5. The number of ether oxygens (including phenoxy) is 4. The van der Waals surface area contributed by atoms with Crippen molar-refractivity contribution in [2.45, 2.75) is 13.2 Å². The monoisotopic (exact) mass is 732 g/mol. The first-order valence-electron chi connectivity index (χ1n) is 15.2. The van der Waals surface area contributed by atoms with E-state index < -0.39 is 4.92 Å². The van der Waals surface area contributed by atoms with Crippen LogP contribution in [0.1, 0.15) is 22.3 Å². The summed E-state index contributed by atoms with van der Waals surface area (Å²) in [5, 5.41) is 30.0. The minimum absolute atomic E-state index is 0.0655. The van der Waals surface area contributed by atoms with Crippen LogP contribution in [-0.4, -0.2) is 14.9 Å². The minimum Gasteiger partial charge on any atom is -0.473 e. The summed E-state index contributed by atoms with van der Waals surface area (Å²) in [7, 11) is 0. The number of aromatic nitrogens is 2. The molecule has 0 aliphatic rings. The van der Waals surface area contributed by atoms with Crippen LogP contribution in [-0.2, 0) is 13.2 Å². The number of rotatable bonds is 11. The fraction of sp³-hybridized carbons (Fsp3) is 0.0526. The number of nitriles is 2. The Morgan fingerprint density at radius 1 is 0.673 bits per heavy atom. The Morgan fingerprint density at radius 2 is 1.13 bits per heavy atom. The minimum atomic E-state index is -0.612. The topological polar surface area (TPSA) is 179 Å². The van der Waals surface area contributed by atoms with Gasteiger partial charge in [-0.15, -0.1) is 0 Å². The highest BCUT2D eigenvalue weighted by Crippen LogP contribution is 2.35. The molecule has 4 aromatic carbocycles. The van der Waals surface area contributed by atoms with E-state index in [-0.39, 0.29) is 40.3 Å². The maximum Gasteiger partial charge on any atom is 0.329 e. The first kappa shape index (κ1) is 36.4. The van der Waals surface area contributed by atoms with Crippen LogP contribution in [0.2, 0.25) is 10.0 Å². The van der Waals surface area contributed by atoms with E-state index in [1.165, 1.54) is 30.5 Å². The number of nitrogens with zero attached hydrogens (tertiary/aromatic N) is 5. The van der Waals surface area contributed by atoms with Crippen LogP contribution in [0.4, 0.5) is 11.4 Å². The lowest BCUT2D eigenvalue weighted by Crippen LogP contribution is -2.00. The third kappa shape index (κ3) is 10.6. The van der Waals surface area contributed by atoms with E-state index in [0.717, 1.165) is 17.3 Å². The highest BCUT2D eigenvalue weighted by atomic mass is 35.5. The number of pyridine rings is 2. The van der Waals surface area contributed by atoms with Gasteiger partial charge in [0.05, 0.1) is 46.1 Å². The third-order valence-electron chi connectivity index (χ3n) is 6.80. The molecule has 0 fully saturated rings. The molecule has 0 amide bonds. The van der Waals surface area contributed by atoms with Crippen LogP contribution in [0.25, 0.3) is 0 Å². The summed E-state index contributed by atoms with van der Waals surface area (Å²) in [5.74, 6) is 1.48. The highest BCUT2D eigenvalue weighted by molar-refractivity contribution is 6.31. The number of halogens is 2. The Balaban J connectivity index is 0.000000202. The van der Waals surface area contributed by atoms with E-state index in [1.807, 2.05) is 72.8 Å². The number of nitro groups is 1. The molecule has 0 unspecified atom stereocenters. The van der Waals surface area contributed by atoms with Gasteiger partial charge in [0, 0.05) is 16.1 Å². The summed E-state index contributed by atoms with van der Waals surface area (Å²) in [6.07, 6.45) is 2.52. The Bertz CT molecular complexity index is 2260. The van der Waals surface area contributed by atoms with E-state index >= 15 is 0 Å². The van der Waals surface area contributed by atoms with Crippen molar-refractivity contribution in [2.24, 2.45) is 0 Å². The second kappa shape index (κ2) is 17.7. The van der Waals surface area contributed by atoms with Crippen molar-refractivity contribution < 1.29 is 23.9 Å². The van der Waals surface area contributed by atoms with Crippen molar-refractivity contribution in [3.8, 4) is 46.9 Å². The first-order chi connectivity index (χ1) is 25.2. The van der Waals surface area contributed by atoms with Gasteiger partial charge in [0.25, 0.3) is 0 Å². The molecule has 0 saturated carbocycles. The van der Waals surface area contributed by atoms with Gasteiger partial charge < -0.3 is 24.7 Å². The van der Waals surface area contributed by atoms with Crippen LogP contribution in [0.5, 0.6) is 34.8 Å². The van der Waals surface area contributed by atoms with E-state index in [4.69, 9.17) is 58.4 Å². The summed E-state index contributed by atoms with van der Waals surface area (Å²) in [6.45, 7) is 0.633. The van der Waals surface area contributed by atoms with Gasteiger partial charge in [0.2, 0.25) is 17.5 Å². The van der Waals surface area contributed by atoms with Gasteiger partial charge in [-0.05, 0) is 47.5 Å². The molecule has 0 radical (unpaired) electrons. The molecule has 6 aromatic rings. The number of hydrogen-bond acceptors (Lipinski definition) is 11. The quantitative estimate of drug-likeness (QED) is 0.0990. The summed E-state index contributed by atoms with van der Waals surface area (Å²) in [5.41, 5.74) is 8.55. The van der Waals surface area contributed by atoms with E-state index in [2.05, 4.69) is 9.97 Å². The predicted molar refractivity (Wildman–Crippen MR) is 194 cm³/mol. The average molecular weight is 734 g/mol. The molecule has 0 spiro atoms. The van der Waals surface area contributed by atoms with Gasteiger partial charge in [-0.1, -0.05) is 83.9 Å². The largest absolute Gasteiger partial charge is 0.473 e. The van der Waals surface area contributed by atoms with Crippen LogP contribution in [0.15, 0.2) is 122 Å². The van der Waals surface area contributed by atoms with Crippen molar-refractivity contribution >= 4 is 34.6 Å². The molecule has 52 heavy (non-hydrogen) atoms. The van der Waals surface area contributed by atoms with Crippen molar-refractivity contribution in [3.05, 3.63) is 164 Å². The standard InChI is InChI=1S/C19H12ClN3O4.C19H14ClN3O2/c20-15-6-14(10-21)7-16(8-15)27-18-9-19(22-11-17(18)23(24)25)26-12-13-4-2-1-3-5-13;20-15-6-14(10-21)7-16(8-15)25-18-9-19(23-11-17(18)22)24-12-13-4-2-1-3-5-13/h1-9,11H,12H2;1-9,11H,12,22H2. The second-order valence-electron chi connectivity index (χ2n) is 10.6. The van der Waals surface area contributed by atoms with Crippen LogP contribution in [0, 0.1) is 32.8 Å². The lowest BCUT2D eigenvalue weighted by Gasteiger charge is -2.11. The van der Waals surface area contributed by atoms with Crippen molar-refractivity contribution in [1.82, 2.24) is 9.97 Å². The number of nitrogens with two attached hydrogens (primary N) is 1. The lowest BCUT2D eigenvalue weighted by molar-refractivity contribution is -0.386. The first-order valence-corrected chi connectivity index (χ1v) is 15.9. The third-order valence-corrected chi connectivity index (χ3v) is 7.24. The van der Waals surface area contributed by atoms with E-state index in [0.29, 0.717) is 40.3 Å². The molecular formula is C38H26Cl2N6O6. The highest BCUT2D eigenvalue weighted by Gasteiger charge is 2.19. The second-order valence-corrected chi connectivity index (χ2v) is 11.5. The fourth-order valence-electron chi connectivity index (χ4n) is 4.40. The number of nitrogen functional groups attached to an aromatic ring is 1. The van der Waals surface area contributed by atoms with Crippen molar-refractivity contribution in [1.29, 1.82) is 10.5 Å². The molecule has 6 rings (SSSR count). The summed E-state index contributed by atoms with van der Waals surface area (Å²) >= 11 is 11.9. The number of benzene rings is 4. The van der Waals surface area contributed by atoms with Crippen LogP contribution >= 0.6 is 23.2 Å². The lowest BCUT2D eigenvalue weighted by atomic mass is 10.2. The molecule has 2 heterocycles. The summed E-state index contributed by atoms with van der Waals surface area (Å²) < 4.78 is 22.6. The summed E-state index contributed by atoms with van der Waals surface area (Å²) in [4.78, 5) is 18.7. The number of hydrogen-bond donors (Lipinski definition) is 1. The van der Waals surface area contributed by atoms with Crippen molar-refractivity contribution in [3.63, 3.8) is 0 Å². The molecule has 0 atom stereocenters. The van der Waals surface area contributed by atoms with Crippen LogP contribution < -0.4 is 24.7 Å². The van der Waals surface area contributed by atoms with Gasteiger partial charge in [0.1, 0.15) is 30.9 Å². The number of anilines is 1. The normalized spacial score (nSPS) is 10.1. The molecule has 258 valence electrons. The van der Waals surface area contributed by atoms with E-state index in [1.54, 1.807) is 24.3 Å². The van der Waals surface area contributed by atoms with E-state index in [9.17, 15) is 10.1 Å². The predicted octanol–water partition coefficient (Wildman–Crippen LogP) is 9.45. The smallest absolute Gasteiger partial charge is 0.329 e. The maximum absolute atomic E-state index is 11.3. The van der Waals surface area contributed by atoms with Gasteiger partial charge in [-0.25, -0.2) is 9.97 Å². The Kier molecular flexibility index (Phi) is 12.4. The molecule has 2 N–H and O–H groups in total. The molecular weight excluding hydrogens is 707 g/mol. The van der Waals surface area contributed by atoms with Gasteiger partial charge in [-0.3, -0.25) is 10.1 Å². The van der Waals surface area contributed by atoms with Gasteiger partial charge in [-0.2, -0.15) is 10.5 Å². The molecule has 14 heteroatoms. The molecule has 0 aliphatic carbocycles. The summed E-state index contributed by atoms with van der Waals surface area (Å²) in [6, 6.07) is 35.2. The average Bonchev–Trinajstić information content (AvgIpc) is 3.15. The van der Waals surface area contributed by atoms with Gasteiger partial charge in [0.15, 0.2) is 5.75 Å². The fourth-order valence-corrected chi connectivity index (χ4v) is 4.85. The zero-order valence-electron chi connectivity index (χ0n) is 27.0. The Hall–Kier alpha value is -6.86. The molecule has 12 nitrogen and oxygen atoms in total. The van der Waals surface area contributed by atoms with Crippen LogP contribution in [0.3, 0.4) is 0 Å². The van der Waals surface area contributed by atoms with Gasteiger partial charge >= 0.3 is 5.69 Å². The molecule has 2 aromatic heterocycles. The van der Waals surface area contributed by atoms with Crippen molar-refractivity contribution in [2.75, 3.05) is 5.73 Å². The Morgan fingerprint density at radius 3 is 1.62 bits per heavy atom. The maximum atomic E-state index is 11.3. The SMILES string of the molecule is N#Cc1cc(Cl)cc(Oc2cc(OCc3ccccc3)ncc2N)c1.N#Cc1cc(Cl)cc(Oc2cc(OCc3ccccc3)ncc2[N+](=O)[O-])c1. The molecule has 0 saturated heterocycles. The molecule has 0 aliphatic heterocycles.